The lowest BCUT2D eigenvalue weighted by Gasteiger charge is -2.58. The highest BCUT2D eigenvalue weighted by molar-refractivity contribution is 5.69. The number of fused-ring (bicyclic) bond motifs is 5. The highest BCUT2D eigenvalue weighted by Crippen LogP contribution is 2.67. The van der Waals surface area contributed by atoms with E-state index in [-0.39, 0.29) is 12.1 Å². The maximum atomic E-state index is 12.8. The summed E-state index contributed by atoms with van der Waals surface area (Å²) in [6.45, 7) is 14.8. The van der Waals surface area contributed by atoms with Crippen molar-refractivity contribution in [2.75, 3.05) is 0 Å². The highest BCUT2D eigenvalue weighted by atomic mass is 16.5. The standard InChI is InChI=1S/C47H76O2/c1-7-8-9-10-11-12-13-14-15-16-17-18-19-20-21-22-23-27-45(48)49-40-32-34-46(5)39(36-40)28-29-41-43-31-30-42(38(4)26-24-25-37(2)3)47(43,6)35-33-44(41)46/h8-9,11-12,14-15,17-18,28,37-38,40-44H,7,10,13,16,19-27,29-36H2,1-6H3/b9-8+,12-11+,15-14+,18-17+/t38-,40+,41+,42-,43+,44+,46+,47-/m1/s1. The molecule has 0 unspecified atom stereocenters. The maximum Gasteiger partial charge on any atom is 0.306 e. The fourth-order valence-corrected chi connectivity index (χ4v) is 11.0. The maximum absolute atomic E-state index is 12.8. The van der Waals surface area contributed by atoms with E-state index in [2.05, 4.69) is 96.2 Å². The van der Waals surface area contributed by atoms with Gasteiger partial charge in [0.25, 0.3) is 0 Å². The molecule has 0 heterocycles. The van der Waals surface area contributed by atoms with Crippen LogP contribution in [0, 0.1) is 46.3 Å². The predicted molar refractivity (Wildman–Crippen MR) is 211 cm³/mol. The van der Waals surface area contributed by atoms with Crippen molar-refractivity contribution in [3.05, 3.63) is 60.3 Å². The zero-order chi connectivity index (χ0) is 35.1. The van der Waals surface area contributed by atoms with Crippen molar-refractivity contribution >= 4 is 5.97 Å². The number of hydrogen-bond acceptors (Lipinski definition) is 2. The molecule has 0 aromatic rings. The number of unbranched alkanes of at least 4 members (excludes halogenated alkanes) is 4. The number of ether oxygens (including phenoxy) is 1. The smallest absolute Gasteiger partial charge is 0.306 e. The second-order valence-electron chi connectivity index (χ2n) is 17.6. The van der Waals surface area contributed by atoms with Gasteiger partial charge in [0.1, 0.15) is 6.10 Å². The van der Waals surface area contributed by atoms with Gasteiger partial charge in [0.15, 0.2) is 0 Å². The Kier molecular flexibility index (Phi) is 16.5. The average Bonchev–Trinajstić information content (AvgIpc) is 3.43. The average molecular weight is 673 g/mol. The van der Waals surface area contributed by atoms with Crippen molar-refractivity contribution in [1.29, 1.82) is 0 Å². The molecule has 4 aliphatic rings. The molecule has 3 fully saturated rings. The van der Waals surface area contributed by atoms with Crippen molar-refractivity contribution in [3.63, 3.8) is 0 Å². The highest BCUT2D eigenvalue weighted by Gasteiger charge is 2.59. The van der Waals surface area contributed by atoms with E-state index in [1.165, 1.54) is 70.6 Å². The zero-order valence-electron chi connectivity index (χ0n) is 32.9. The van der Waals surface area contributed by atoms with Crippen LogP contribution >= 0.6 is 0 Å². The monoisotopic (exact) mass is 673 g/mol. The van der Waals surface area contributed by atoms with Gasteiger partial charge in [-0.05, 0) is 136 Å². The van der Waals surface area contributed by atoms with E-state index in [1.54, 1.807) is 5.57 Å². The summed E-state index contributed by atoms with van der Waals surface area (Å²) in [5.74, 6) is 5.26. The second kappa shape index (κ2) is 20.3. The summed E-state index contributed by atoms with van der Waals surface area (Å²) < 4.78 is 6.12. The molecule has 4 rings (SSSR count). The van der Waals surface area contributed by atoms with Gasteiger partial charge in [-0.2, -0.15) is 0 Å². The summed E-state index contributed by atoms with van der Waals surface area (Å²) in [7, 11) is 0. The third kappa shape index (κ3) is 11.3. The van der Waals surface area contributed by atoms with Gasteiger partial charge in [-0.15, -0.1) is 0 Å². The van der Waals surface area contributed by atoms with Gasteiger partial charge in [0.05, 0.1) is 0 Å². The summed E-state index contributed by atoms with van der Waals surface area (Å²) >= 11 is 0. The molecular formula is C47H76O2. The van der Waals surface area contributed by atoms with Crippen LogP contribution in [0.5, 0.6) is 0 Å². The second-order valence-corrected chi connectivity index (χ2v) is 17.6. The van der Waals surface area contributed by atoms with Crippen LogP contribution in [0.3, 0.4) is 0 Å². The third-order valence-corrected chi connectivity index (χ3v) is 13.8. The van der Waals surface area contributed by atoms with Crippen molar-refractivity contribution in [2.45, 2.75) is 182 Å². The SMILES string of the molecule is CC/C=C/C/C=C/C/C=C/C/C=C/CCCCCCC(=O)O[C@H]1CC[C@@]2(C)C(=CC[C@H]3[C@@H]4CC[C@H]([C@H](C)CCCC(C)C)[C@@]4(C)CC[C@@H]32)C1. The van der Waals surface area contributed by atoms with Gasteiger partial charge in [0, 0.05) is 12.8 Å². The molecule has 0 spiro atoms. The Bertz CT molecular complexity index is 1140. The summed E-state index contributed by atoms with van der Waals surface area (Å²) in [5, 5.41) is 0. The lowest BCUT2D eigenvalue weighted by molar-refractivity contribution is -0.151. The minimum atomic E-state index is 0.0368. The lowest BCUT2D eigenvalue weighted by Crippen LogP contribution is -2.51. The van der Waals surface area contributed by atoms with Gasteiger partial charge in [-0.25, -0.2) is 0 Å². The Hall–Kier alpha value is -1.83. The third-order valence-electron chi connectivity index (χ3n) is 13.8. The normalized spacial score (nSPS) is 32.2. The number of carbonyl (C=O) groups is 1. The largest absolute Gasteiger partial charge is 0.462 e. The molecule has 0 radical (unpaired) electrons. The predicted octanol–water partition coefficient (Wildman–Crippen LogP) is 14.1. The first kappa shape index (κ1) is 39.9. The Morgan fingerprint density at radius 3 is 2.20 bits per heavy atom. The molecular weight excluding hydrogens is 597 g/mol. The van der Waals surface area contributed by atoms with E-state index in [4.69, 9.17) is 4.74 Å². The van der Waals surface area contributed by atoms with E-state index >= 15 is 0 Å². The van der Waals surface area contributed by atoms with Crippen LogP contribution in [-0.4, -0.2) is 12.1 Å². The Morgan fingerprint density at radius 2 is 1.49 bits per heavy atom. The van der Waals surface area contributed by atoms with Crippen LogP contribution < -0.4 is 0 Å². The minimum Gasteiger partial charge on any atom is -0.462 e. The van der Waals surface area contributed by atoms with Gasteiger partial charge in [-0.1, -0.05) is 134 Å². The summed E-state index contributed by atoms with van der Waals surface area (Å²) in [5.41, 5.74) is 2.50. The molecule has 0 aromatic carbocycles. The first-order valence-corrected chi connectivity index (χ1v) is 21.2. The zero-order valence-corrected chi connectivity index (χ0v) is 32.9. The van der Waals surface area contributed by atoms with Crippen molar-refractivity contribution in [3.8, 4) is 0 Å². The summed E-state index contributed by atoms with van der Waals surface area (Å²) in [4.78, 5) is 12.8. The molecule has 0 amide bonds. The fourth-order valence-electron chi connectivity index (χ4n) is 11.0. The topological polar surface area (TPSA) is 26.3 Å². The summed E-state index contributed by atoms with van der Waals surface area (Å²) in [6, 6.07) is 0. The molecule has 0 saturated heterocycles. The number of rotatable bonds is 20. The number of hydrogen-bond donors (Lipinski definition) is 0. The van der Waals surface area contributed by atoms with Crippen molar-refractivity contribution in [2.24, 2.45) is 46.3 Å². The van der Waals surface area contributed by atoms with E-state index in [0.717, 1.165) is 93.3 Å². The molecule has 4 aliphatic carbocycles. The van der Waals surface area contributed by atoms with Gasteiger partial charge in [-0.3, -0.25) is 4.79 Å². The van der Waals surface area contributed by atoms with E-state index in [9.17, 15) is 4.79 Å². The molecule has 0 aliphatic heterocycles. The first-order chi connectivity index (χ1) is 23.7. The van der Waals surface area contributed by atoms with Gasteiger partial charge < -0.3 is 4.74 Å². The molecule has 2 nitrogen and oxygen atoms in total. The van der Waals surface area contributed by atoms with Crippen molar-refractivity contribution < 1.29 is 9.53 Å². The summed E-state index contributed by atoms with van der Waals surface area (Å²) in [6.07, 6.45) is 45.7. The van der Waals surface area contributed by atoms with Crippen LogP contribution in [0.2, 0.25) is 0 Å². The molecule has 0 bridgehead atoms. The minimum absolute atomic E-state index is 0.0368. The van der Waals surface area contributed by atoms with Gasteiger partial charge in [0.2, 0.25) is 0 Å². The van der Waals surface area contributed by atoms with Crippen LogP contribution in [0.4, 0.5) is 0 Å². The molecule has 49 heavy (non-hydrogen) atoms. The molecule has 0 N–H and O–H groups in total. The van der Waals surface area contributed by atoms with Crippen LogP contribution in [0.25, 0.3) is 0 Å². The Balaban J connectivity index is 1.11. The van der Waals surface area contributed by atoms with E-state index < -0.39 is 0 Å². The number of esters is 1. The van der Waals surface area contributed by atoms with E-state index in [1.807, 2.05) is 0 Å². The fraction of sp³-hybridized carbons (Fsp3) is 0.766. The van der Waals surface area contributed by atoms with Crippen LogP contribution in [0.15, 0.2) is 60.3 Å². The Morgan fingerprint density at radius 1 is 0.796 bits per heavy atom. The lowest BCUT2D eigenvalue weighted by atomic mass is 9.47. The molecule has 8 atom stereocenters. The molecule has 2 heteroatoms. The number of carbonyl (C=O) groups excluding carboxylic acids is 1. The molecule has 0 aromatic heterocycles. The quantitative estimate of drug-likeness (QED) is 0.0731. The Labute approximate surface area is 303 Å². The molecule has 276 valence electrons. The van der Waals surface area contributed by atoms with Gasteiger partial charge >= 0.3 is 5.97 Å². The van der Waals surface area contributed by atoms with Crippen LogP contribution in [-0.2, 0) is 9.53 Å². The first-order valence-electron chi connectivity index (χ1n) is 21.2. The van der Waals surface area contributed by atoms with Crippen molar-refractivity contribution in [1.82, 2.24) is 0 Å². The van der Waals surface area contributed by atoms with E-state index in [0.29, 0.717) is 17.3 Å². The number of allylic oxidation sites excluding steroid dienone is 9. The van der Waals surface area contributed by atoms with Crippen LogP contribution in [0.1, 0.15) is 176 Å². The molecule has 3 saturated carbocycles.